The topological polar surface area (TPSA) is 75.6 Å². The van der Waals surface area contributed by atoms with Crippen LogP contribution in [0.4, 0.5) is 0 Å². The summed E-state index contributed by atoms with van der Waals surface area (Å²) < 4.78 is 4.51. The van der Waals surface area contributed by atoms with Crippen LogP contribution in [0.2, 0.25) is 0 Å². The van der Waals surface area contributed by atoms with Gasteiger partial charge < -0.3 is 15.2 Å². The van der Waals surface area contributed by atoms with E-state index in [1.54, 1.807) is 0 Å². The van der Waals surface area contributed by atoms with Crippen molar-refractivity contribution in [3.05, 3.63) is 0 Å². The Morgan fingerprint density at radius 1 is 1.54 bits per heavy atom. The summed E-state index contributed by atoms with van der Waals surface area (Å²) in [4.78, 5) is 21.9. The molecule has 0 aromatic rings. The fraction of sp³-hybridized carbons (Fsp3) is 0.750. The molecule has 1 heterocycles. The largest absolute Gasteiger partial charge is 0.481 e. The second kappa shape index (κ2) is 4.23. The van der Waals surface area contributed by atoms with Crippen LogP contribution in [0, 0.1) is 5.92 Å². The molecule has 0 aromatic carbocycles. The van der Waals surface area contributed by atoms with Crippen LogP contribution in [-0.4, -0.2) is 36.7 Å². The molecule has 74 valence electrons. The molecule has 0 aliphatic carbocycles. The van der Waals surface area contributed by atoms with Gasteiger partial charge in [0.05, 0.1) is 13.0 Å². The number of carbonyl (C=O) groups is 2. The van der Waals surface area contributed by atoms with Gasteiger partial charge >= 0.3 is 11.9 Å². The summed E-state index contributed by atoms with van der Waals surface area (Å²) in [6.07, 6.45) is 1.31. The van der Waals surface area contributed by atoms with Crippen LogP contribution in [0.15, 0.2) is 0 Å². The number of aliphatic carboxylic acids is 1. The highest BCUT2D eigenvalue weighted by molar-refractivity contribution is 5.84. The molecule has 1 aliphatic rings. The lowest BCUT2D eigenvalue weighted by molar-refractivity contribution is -0.154. The Hall–Kier alpha value is -1.10. The Morgan fingerprint density at radius 3 is 2.77 bits per heavy atom. The third-order valence-electron chi connectivity index (χ3n) is 2.23. The van der Waals surface area contributed by atoms with E-state index in [4.69, 9.17) is 5.11 Å². The number of carbonyl (C=O) groups excluding carboxylic acids is 1. The molecule has 0 bridgehead atoms. The van der Waals surface area contributed by atoms with Gasteiger partial charge in [0.2, 0.25) is 0 Å². The van der Waals surface area contributed by atoms with E-state index in [1.807, 2.05) is 0 Å². The molecule has 0 amide bonds. The van der Waals surface area contributed by atoms with Crippen LogP contribution in [0.25, 0.3) is 0 Å². The lowest BCUT2D eigenvalue weighted by atomic mass is 9.91. The number of rotatable bonds is 2. The minimum absolute atomic E-state index is 0.493. The van der Waals surface area contributed by atoms with Crippen LogP contribution < -0.4 is 5.32 Å². The second-order valence-electron chi connectivity index (χ2n) is 3.04. The van der Waals surface area contributed by atoms with Crippen LogP contribution in [0.1, 0.15) is 12.8 Å². The summed E-state index contributed by atoms with van der Waals surface area (Å²) in [5, 5.41) is 11.7. The molecule has 0 saturated carbocycles. The molecule has 0 aromatic heterocycles. The molecule has 1 rings (SSSR count). The summed E-state index contributed by atoms with van der Waals surface area (Å²) >= 11 is 0. The van der Waals surface area contributed by atoms with Crippen molar-refractivity contribution in [2.75, 3.05) is 13.7 Å². The quantitative estimate of drug-likeness (QED) is 0.576. The first kappa shape index (κ1) is 9.98. The van der Waals surface area contributed by atoms with Crippen molar-refractivity contribution < 1.29 is 19.4 Å². The third kappa shape index (κ3) is 2.18. The van der Waals surface area contributed by atoms with Crippen molar-refractivity contribution in [3.8, 4) is 0 Å². The zero-order valence-corrected chi connectivity index (χ0v) is 7.45. The van der Waals surface area contributed by atoms with Gasteiger partial charge in [0.15, 0.2) is 0 Å². The first-order chi connectivity index (χ1) is 6.16. The third-order valence-corrected chi connectivity index (χ3v) is 2.23. The van der Waals surface area contributed by atoms with Crippen LogP contribution >= 0.6 is 0 Å². The van der Waals surface area contributed by atoms with Gasteiger partial charge in [0.25, 0.3) is 0 Å². The lowest BCUT2D eigenvalue weighted by Gasteiger charge is -2.27. The highest BCUT2D eigenvalue weighted by Crippen LogP contribution is 2.17. The normalized spacial score (nSPS) is 28.1. The molecule has 5 heteroatoms. The van der Waals surface area contributed by atoms with Crippen molar-refractivity contribution in [1.29, 1.82) is 0 Å². The van der Waals surface area contributed by atoms with Gasteiger partial charge in [-0.05, 0) is 19.4 Å². The van der Waals surface area contributed by atoms with Gasteiger partial charge in [-0.3, -0.25) is 9.59 Å². The van der Waals surface area contributed by atoms with Crippen molar-refractivity contribution >= 4 is 11.9 Å². The van der Waals surface area contributed by atoms with Crippen molar-refractivity contribution in [1.82, 2.24) is 5.32 Å². The highest BCUT2D eigenvalue weighted by atomic mass is 16.5. The van der Waals surface area contributed by atoms with Crippen molar-refractivity contribution in [3.63, 3.8) is 0 Å². The molecule has 0 radical (unpaired) electrons. The monoisotopic (exact) mass is 187 g/mol. The fourth-order valence-electron chi connectivity index (χ4n) is 1.53. The SMILES string of the molecule is COC(=O)C1NCCCC1C(=O)O. The maximum Gasteiger partial charge on any atom is 0.323 e. The molecular formula is C8H13NO4. The lowest BCUT2D eigenvalue weighted by Crippen LogP contribution is -2.50. The van der Waals surface area contributed by atoms with E-state index in [2.05, 4.69) is 10.1 Å². The Labute approximate surface area is 76.1 Å². The summed E-state index contributed by atoms with van der Waals surface area (Å²) in [6.45, 7) is 0.670. The summed E-state index contributed by atoms with van der Waals surface area (Å²) in [5.74, 6) is -2.09. The average molecular weight is 187 g/mol. The molecule has 2 atom stereocenters. The van der Waals surface area contributed by atoms with E-state index in [0.29, 0.717) is 13.0 Å². The first-order valence-corrected chi connectivity index (χ1v) is 4.21. The van der Waals surface area contributed by atoms with Crippen molar-refractivity contribution in [2.45, 2.75) is 18.9 Å². The van der Waals surface area contributed by atoms with Crippen LogP contribution in [-0.2, 0) is 14.3 Å². The number of methoxy groups -OCH3 is 1. The number of esters is 1. The standard InChI is InChI=1S/C8H13NO4/c1-13-8(12)6-5(7(10)11)3-2-4-9-6/h5-6,9H,2-4H2,1H3,(H,10,11). The van der Waals surface area contributed by atoms with Crippen molar-refractivity contribution in [2.24, 2.45) is 5.92 Å². The molecule has 5 nitrogen and oxygen atoms in total. The van der Waals surface area contributed by atoms with Gasteiger partial charge in [-0.1, -0.05) is 0 Å². The smallest absolute Gasteiger partial charge is 0.323 e. The Morgan fingerprint density at radius 2 is 2.23 bits per heavy atom. The fourth-order valence-corrected chi connectivity index (χ4v) is 1.53. The molecule has 2 unspecified atom stereocenters. The first-order valence-electron chi connectivity index (χ1n) is 4.21. The maximum absolute atomic E-state index is 11.1. The van der Waals surface area contributed by atoms with E-state index < -0.39 is 23.9 Å². The average Bonchev–Trinajstić information content (AvgIpc) is 2.16. The number of hydrogen-bond acceptors (Lipinski definition) is 4. The maximum atomic E-state index is 11.1. The predicted molar refractivity (Wildman–Crippen MR) is 44.2 cm³/mol. The molecular weight excluding hydrogens is 174 g/mol. The number of hydrogen-bond donors (Lipinski definition) is 2. The Balaban J connectivity index is 2.67. The Bertz CT molecular complexity index is 216. The summed E-state index contributed by atoms with van der Waals surface area (Å²) in [7, 11) is 1.26. The molecule has 2 N–H and O–H groups in total. The number of piperidine rings is 1. The Kier molecular flexibility index (Phi) is 3.25. The minimum atomic E-state index is -0.942. The zero-order chi connectivity index (χ0) is 9.84. The molecule has 0 spiro atoms. The number of nitrogens with one attached hydrogen (secondary N) is 1. The van der Waals surface area contributed by atoms with Gasteiger partial charge in [-0.25, -0.2) is 0 Å². The zero-order valence-electron chi connectivity index (χ0n) is 7.45. The summed E-state index contributed by atoms with van der Waals surface area (Å²) in [5.41, 5.74) is 0. The molecule has 13 heavy (non-hydrogen) atoms. The minimum Gasteiger partial charge on any atom is -0.481 e. The second-order valence-corrected chi connectivity index (χ2v) is 3.04. The molecule has 1 saturated heterocycles. The van der Waals surface area contributed by atoms with E-state index >= 15 is 0 Å². The number of ether oxygens (including phenoxy) is 1. The molecule has 1 fully saturated rings. The summed E-state index contributed by atoms with van der Waals surface area (Å²) in [6, 6.07) is -0.684. The predicted octanol–water partition coefficient (Wildman–Crippen LogP) is -0.388. The van der Waals surface area contributed by atoms with E-state index in [-0.39, 0.29) is 0 Å². The highest BCUT2D eigenvalue weighted by Gasteiger charge is 2.36. The van der Waals surface area contributed by atoms with E-state index in [9.17, 15) is 9.59 Å². The molecule has 1 aliphatic heterocycles. The van der Waals surface area contributed by atoms with E-state index in [1.165, 1.54) is 7.11 Å². The van der Waals surface area contributed by atoms with E-state index in [0.717, 1.165) is 6.42 Å². The number of carboxylic acids is 1. The van der Waals surface area contributed by atoms with Gasteiger partial charge in [-0.15, -0.1) is 0 Å². The van der Waals surface area contributed by atoms with Crippen LogP contribution in [0.5, 0.6) is 0 Å². The van der Waals surface area contributed by atoms with Crippen LogP contribution in [0.3, 0.4) is 0 Å². The van der Waals surface area contributed by atoms with Gasteiger partial charge in [0.1, 0.15) is 6.04 Å². The van der Waals surface area contributed by atoms with Gasteiger partial charge in [0, 0.05) is 0 Å². The number of carboxylic acid groups (broad SMARTS) is 1. The van der Waals surface area contributed by atoms with Gasteiger partial charge in [-0.2, -0.15) is 0 Å².